The maximum absolute atomic E-state index is 14.6. The van der Waals surface area contributed by atoms with Crippen molar-refractivity contribution in [3.05, 3.63) is 82.4 Å². The molecule has 12 aliphatic rings. The summed E-state index contributed by atoms with van der Waals surface area (Å²) < 4.78 is 12.9. The molecule has 7 bridgehead atoms. The average Bonchev–Trinajstić information content (AvgIpc) is 1.58. The average molecular weight is 1040 g/mol. The molecule has 20 unspecified atom stereocenters. The van der Waals surface area contributed by atoms with E-state index in [1.807, 2.05) is 0 Å². The Bertz CT molecular complexity index is 2990. The number of ether oxygens (including phenoxy) is 2. The number of rotatable bonds is 10. The molecule has 1 aliphatic heterocycles. The van der Waals surface area contributed by atoms with Crippen LogP contribution in [0.2, 0.25) is 0 Å². The van der Waals surface area contributed by atoms with Crippen molar-refractivity contribution in [1.29, 1.82) is 0 Å². The Labute approximate surface area is 459 Å². The first-order valence-corrected chi connectivity index (χ1v) is 31.6. The van der Waals surface area contributed by atoms with E-state index in [4.69, 9.17) is 9.47 Å². The van der Waals surface area contributed by atoms with Gasteiger partial charge in [-0.05, 0) is 212 Å². The highest BCUT2D eigenvalue weighted by Gasteiger charge is 2.93. The first-order chi connectivity index (χ1) is 37.1. The van der Waals surface area contributed by atoms with Crippen molar-refractivity contribution >= 4 is 16.7 Å². The summed E-state index contributed by atoms with van der Waals surface area (Å²) in [5, 5.41) is 55.7. The summed E-state index contributed by atoms with van der Waals surface area (Å²) in [5.41, 5.74) is 1.55. The zero-order valence-electron chi connectivity index (χ0n) is 47.4. The van der Waals surface area contributed by atoms with Gasteiger partial charge in [0.25, 0.3) is 0 Å². The highest BCUT2D eigenvalue weighted by molar-refractivity contribution is 5.94. The van der Waals surface area contributed by atoms with Gasteiger partial charge in [0.2, 0.25) is 0 Å². The molecule has 3 aromatic carbocycles. The molecule has 11 aliphatic carbocycles. The van der Waals surface area contributed by atoms with Gasteiger partial charge in [0, 0.05) is 52.9 Å². The van der Waals surface area contributed by atoms with E-state index in [2.05, 4.69) is 94.1 Å². The molecule has 412 valence electrons. The maximum Gasteiger partial charge on any atom is 0.309 e. The lowest BCUT2D eigenvalue weighted by Crippen LogP contribution is -2.87. The Morgan fingerprint density at radius 2 is 1.61 bits per heavy atom. The van der Waals surface area contributed by atoms with Gasteiger partial charge in [-0.15, -0.1) is 5.92 Å². The fraction of sp³-hybridized carbons (Fsp3) is 0.729. The lowest BCUT2D eigenvalue weighted by molar-refractivity contribution is -0.396. The van der Waals surface area contributed by atoms with Gasteiger partial charge in [0.05, 0.1) is 30.8 Å². The van der Waals surface area contributed by atoms with Crippen molar-refractivity contribution in [3.63, 3.8) is 0 Å². The van der Waals surface area contributed by atoms with E-state index < -0.39 is 51.0 Å². The van der Waals surface area contributed by atoms with E-state index in [0.717, 1.165) is 101 Å². The lowest BCUT2D eigenvalue weighted by Gasteiger charge is -2.89. The number of hydrogen-bond acceptors (Lipinski definition) is 6. The summed E-state index contributed by atoms with van der Waals surface area (Å²) in [5.74, 6) is 9.47. The van der Waals surface area contributed by atoms with E-state index in [0.29, 0.717) is 37.7 Å². The van der Waals surface area contributed by atoms with Crippen LogP contribution < -0.4 is 0 Å². The molecule has 15 rings (SSSR count). The van der Waals surface area contributed by atoms with Crippen LogP contribution in [-0.4, -0.2) is 64.7 Å². The number of methoxy groups -OCH3 is 1. The second-order valence-electron chi connectivity index (χ2n) is 30.1. The van der Waals surface area contributed by atoms with E-state index in [1.54, 1.807) is 12.7 Å². The first kappa shape index (κ1) is 50.7. The van der Waals surface area contributed by atoms with Gasteiger partial charge in [-0.2, -0.15) is 0 Å². The predicted molar refractivity (Wildman–Crippen MR) is 300 cm³/mol. The van der Waals surface area contributed by atoms with Gasteiger partial charge in [-0.3, -0.25) is 4.79 Å². The summed E-state index contributed by atoms with van der Waals surface area (Å²) >= 11 is 0. The van der Waals surface area contributed by atoms with Gasteiger partial charge in [0.15, 0.2) is 5.79 Å². The highest BCUT2D eigenvalue weighted by Crippen LogP contribution is 2.95. The molecule has 20 atom stereocenters. The second kappa shape index (κ2) is 16.7. The van der Waals surface area contributed by atoms with Crippen LogP contribution in [0.1, 0.15) is 196 Å². The Balaban J connectivity index is 1.03. The smallest absolute Gasteiger partial charge is 0.309 e. The summed E-state index contributed by atoms with van der Waals surface area (Å²) in [6.07, 6.45) is 22.1. The van der Waals surface area contributed by atoms with Gasteiger partial charge in [-0.25, -0.2) is 0 Å². The molecule has 3 aromatic rings. The van der Waals surface area contributed by atoms with Crippen molar-refractivity contribution < 1.29 is 34.7 Å². The number of carboxylic acids is 1. The Kier molecular flexibility index (Phi) is 11.0. The maximum atomic E-state index is 14.6. The fourth-order valence-corrected chi connectivity index (χ4v) is 25.9. The molecule has 0 aromatic heterocycles. The summed E-state index contributed by atoms with van der Waals surface area (Å²) in [7, 11) is 1.75. The minimum absolute atomic E-state index is 0.0397. The van der Waals surface area contributed by atoms with Crippen LogP contribution >= 0.6 is 0 Å². The SMILES string of the molecule is CCCC1C2(O)CC(O)C3(CO)C1(CCC14C#CCC(C5CCC6CCCCC6C5)CCC56C7C(C8CC59CC13Cc1ccc3cccc8c3c19)C(C)(C(=O)O)CCC7(C)CCC46C)C(Cc1ccc(CCOC)cc1)O2. The molecule has 4 N–H and O–H groups in total. The van der Waals surface area contributed by atoms with Gasteiger partial charge >= 0.3 is 5.97 Å². The molecule has 1 saturated heterocycles. The molecular weight excluding hydrogens is 953 g/mol. The molecule has 7 nitrogen and oxygen atoms in total. The summed E-state index contributed by atoms with van der Waals surface area (Å²) in [4.78, 5) is 14.6. The van der Waals surface area contributed by atoms with Crippen molar-refractivity contribution in [3.8, 4) is 11.8 Å². The third-order valence-electron chi connectivity index (χ3n) is 28.4. The van der Waals surface area contributed by atoms with E-state index in [9.17, 15) is 25.2 Å². The highest BCUT2D eigenvalue weighted by atomic mass is 16.6. The van der Waals surface area contributed by atoms with E-state index >= 15 is 0 Å². The molecule has 8 saturated carbocycles. The van der Waals surface area contributed by atoms with Crippen molar-refractivity contribution in [2.75, 3.05) is 20.3 Å². The summed E-state index contributed by atoms with van der Waals surface area (Å²) in [6.45, 7) is 10.3. The Hall–Kier alpha value is -3.25. The zero-order chi connectivity index (χ0) is 53.0. The number of hydrogen-bond donors (Lipinski definition) is 4. The van der Waals surface area contributed by atoms with Crippen LogP contribution in [0.15, 0.2) is 54.6 Å². The van der Waals surface area contributed by atoms with Crippen LogP contribution in [-0.2, 0) is 38.9 Å². The topological polar surface area (TPSA) is 116 Å². The van der Waals surface area contributed by atoms with Crippen molar-refractivity contribution in [1.82, 2.24) is 0 Å². The number of benzene rings is 3. The molecule has 0 amide bonds. The third kappa shape index (κ3) is 5.75. The van der Waals surface area contributed by atoms with Crippen LogP contribution in [0, 0.1) is 96.6 Å². The number of fused-ring (bicyclic) bond motifs is 5. The van der Waals surface area contributed by atoms with Crippen molar-refractivity contribution in [2.45, 2.75) is 211 Å². The third-order valence-corrected chi connectivity index (χ3v) is 28.4. The van der Waals surface area contributed by atoms with Crippen LogP contribution in [0.25, 0.3) is 10.8 Å². The van der Waals surface area contributed by atoms with Crippen LogP contribution in [0.4, 0.5) is 0 Å². The minimum atomic E-state index is -1.53. The standard InChI is InChI=1S/C70H90O7/c1-6-11-53-67-34-33-65-27-10-15-46(49-23-21-45-12-7-8-13-48(45)37-49)25-28-68-59-58(62(3,60(73)74)31-29-61(59,2)30-32-63(65,68)4)52-39-64(68)41-66(65,38-50-24-22-47-14-9-16-51(52)56(47)57(50)64)69(67,42-71)54(72)40-70(53,75)77-55(67)36-44-19-17-43(18-20-44)26-35-76-5/h9,14,16-20,22,24,45-46,48-49,52-55,58-59,71-72,75H,6-8,11-13,15,21,23,25-26,28-42H2,1-5H3,(H,73,74). The number of carbonyl (C=O) groups is 1. The Morgan fingerprint density at radius 1 is 0.844 bits per heavy atom. The molecule has 0 radical (unpaired) electrons. The molecule has 77 heavy (non-hydrogen) atoms. The normalized spacial score (nSPS) is 50.0. The van der Waals surface area contributed by atoms with E-state index in [1.165, 1.54) is 72.4 Å². The second-order valence-corrected chi connectivity index (χ2v) is 30.1. The first-order valence-electron chi connectivity index (χ1n) is 31.6. The number of carboxylic acid groups (broad SMARTS) is 1. The monoisotopic (exact) mass is 1040 g/mol. The van der Waals surface area contributed by atoms with Gasteiger partial charge < -0.3 is 29.9 Å². The fourth-order valence-electron chi connectivity index (χ4n) is 25.9. The number of aliphatic hydroxyl groups is 3. The van der Waals surface area contributed by atoms with Crippen LogP contribution in [0.5, 0.6) is 0 Å². The van der Waals surface area contributed by atoms with Gasteiger partial charge in [0.1, 0.15) is 0 Å². The largest absolute Gasteiger partial charge is 0.481 e. The Morgan fingerprint density at radius 3 is 2.39 bits per heavy atom. The van der Waals surface area contributed by atoms with E-state index in [-0.39, 0.29) is 58.4 Å². The molecule has 5 spiro atoms. The predicted octanol–water partition coefficient (Wildman–Crippen LogP) is 13.3. The van der Waals surface area contributed by atoms with Crippen LogP contribution in [0.3, 0.4) is 0 Å². The number of aliphatic carboxylic acids is 1. The minimum Gasteiger partial charge on any atom is -0.481 e. The van der Waals surface area contributed by atoms with Crippen molar-refractivity contribution in [2.24, 2.45) is 84.7 Å². The number of aliphatic hydroxyl groups excluding tert-OH is 2. The molecule has 1 heterocycles. The zero-order valence-corrected chi connectivity index (χ0v) is 47.4. The lowest BCUT2D eigenvalue weighted by atomic mass is 9.13. The molecular formula is C70H90O7. The molecule has 7 heteroatoms. The van der Waals surface area contributed by atoms with Gasteiger partial charge in [-0.1, -0.05) is 113 Å². The quantitative estimate of drug-likeness (QED) is 0.149. The molecule has 9 fully saturated rings. The summed E-state index contributed by atoms with van der Waals surface area (Å²) in [6, 6.07) is 20.8.